The van der Waals surface area contributed by atoms with Gasteiger partial charge in [-0.05, 0) is 18.6 Å². The number of hydrogen-bond acceptors (Lipinski definition) is 2. The second kappa shape index (κ2) is 4.60. The van der Waals surface area contributed by atoms with Crippen LogP contribution in [0.4, 0.5) is 19.0 Å². The molecule has 0 fully saturated rings. The number of rotatable bonds is 2. The molecule has 2 N–H and O–H groups in total. The van der Waals surface area contributed by atoms with Crippen molar-refractivity contribution in [3.05, 3.63) is 46.6 Å². The van der Waals surface area contributed by atoms with E-state index < -0.39 is 11.7 Å². The molecule has 0 saturated heterocycles. The van der Waals surface area contributed by atoms with Gasteiger partial charge < -0.3 is 5.73 Å². The van der Waals surface area contributed by atoms with E-state index in [1.165, 1.54) is 16.8 Å². The van der Waals surface area contributed by atoms with Crippen molar-refractivity contribution in [1.82, 2.24) is 9.78 Å². The lowest BCUT2D eigenvalue weighted by atomic mass is 9.99. The van der Waals surface area contributed by atoms with Crippen molar-refractivity contribution in [2.75, 3.05) is 5.73 Å². The molecule has 0 aliphatic heterocycles. The first-order valence-corrected chi connectivity index (χ1v) is 5.73. The van der Waals surface area contributed by atoms with Gasteiger partial charge in [-0.15, -0.1) is 0 Å². The second-order valence-corrected chi connectivity index (χ2v) is 4.40. The van der Waals surface area contributed by atoms with Crippen LogP contribution >= 0.6 is 0 Å². The molecule has 102 valence electrons. The van der Waals surface area contributed by atoms with Gasteiger partial charge in [-0.3, -0.25) is 4.68 Å². The number of hydrogen-bond donors (Lipinski definition) is 1. The van der Waals surface area contributed by atoms with Crippen LogP contribution in [-0.2, 0) is 19.6 Å². The van der Waals surface area contributed by atoms with Crippen molar-refractivity contribution in [2.45, 2.75) is 19.5 Å². The van der Waals surface area contributed by atoms with Gasteiger partial charge in [0.05, 0.1) is 11.3 Å². The summed E-state index contributed by atoms with van der Waals surface area (Å²) in [5.74, 6) is 0.398. The first-order chi connectivity index (χ1) is 8.80. The average molecular weight is 269 g/mol. The predicted octanol–water partition coefficient (Wildman–Crippen LogP) is 2.92. The van der Waals surface area contributed by atoms with Crippen molar-refractivity contribution < 1.29 is 13.2 Å². The maximum atomic E-state index is 12.9. The van der Waals surface area contributed by atoms with Gasteiger partial charge in [-0.1, -0.05) is 18.2 Å². The van der Waals surface area contributed by atoms with Crippen LogP contribution in [0.2, 0.25) is 0 Å². The number of alkyl halides is 3. The summed E-state index contributed by atoms with van der Waals surface area (Å²) >= 11 is 0. The molecule has 0 aliphatic carbocycles. The number of nitrogens with two attached hydrogens (primary N) is 1. The molecule has 2 rings (SSSR count). The number of benzene rings is 1. The normalized spacial score (nSPS) is 11.8. The monoisotopic (exact) mass is 269 g/mol. The van der Waals surface area contributed by atoms with Crippen LogP contribution in [0.15, 0.2) is 24.3 Å². The van der Waals surface area contributed by atoms with Crippen molar-refractivity contribution in [2.24, 2.45) is 7.05 Å². The summed E-state index contributed by atoms with van der Waals surface area (Å²) in [4.78, 5) is 0. The first-order valence-electron chi connectivity index (χ1n) is 5.73. The second-order valence-electron chi connectivity index (χ2n) is 4.40. The van der Waals surface area contributed by atoms with E-state index in [0.717, 1.165) is 6.07 Å². The minimum Gasteiger partial charge on any atom is -0.384 e. The highest BCUT2D eigenvalue weighted by molar-refractivity contribution is 5.47. The molecule has 0 saturated carbocycles. The first kappa shape index (κ1) is 13.5. The Kier molecular flexibility index (Phi) is 3.26. The maximum Gasteiger partial charge on any atom is 0.416 e. The van der Waals surface area contributed by atoms with E-state index in [2.05, 4.69) is 5.10 Å². The topological polar surface area (TPSA) is 43.8 Å². The molecular weight excluding hydrogens is 255 g/mol. The molecule has 0 bridgehead atoms. The molecular formula is C13H14F3N3. The Morgan fingerprint density at radius 2 is 1.89 bits per heavy atom. The fourth-order valence-electron chi connectivity index (χ4n) is 2.08. The minimum absolute atomic E-state index is 0.126. The number of halogens is 3. The summed E-state index contributed by atoms with van der Waals surface area (Å²) in [6.07, 6.45) is -4.23. The van der Waals surface area contributed by atoms with E-state index in [9.17, 15) is 13.2 Å². The number of nitrogens with zero attached hydrogens (tertiary/aromatic N) is 2. The molecule has 3 nitrogen and oxygen atoms in total. The molecule has 1 aromatic heterocycles. The minimum atomic E-state index is -4.36. The van der Waals surface area contributed by atoms with E-state index in [1.807, 2.05) is 0 Å². The third-order valence-corrected chi connectivity index (χ3v) is 3.08. The van der Waals surface area contributed by atoms with Crippen molar-refractivity contribution in [3.8, 4) is 0 Å². The molecule has 19 heavy (non-hydrogen) atoms. The average Bonchev–Trinajstić information content (AvgIpc) is 2.55. The smallest absolute Gasteiger partial charge is 0.384 e. The zero-order valence-electron chi connectivity index (χ0n) is 10.6. The van der Waals surface area contributed by atoms with E-state index in [4.69, 9.17) is 5.73 Å². The fourth-order valence-corrected chi connectivity index (χ4v) is 2.08. The van der Waals surface area contributed by atoms with E-state index >= 15 is 0 Å². The molecule has 1 heterocycles. The molecule has 0 radical (unpaired) electrons. The summed E-state index contributed by atoms with van der Waals surface area (Å²) in [6, 6.07) is 5.52. The molecule has 0 spiro atoms. The van der Waals surface area contributed by atoms with Gasteiger partial charge in [0.25, 0.3) is 0 Å². The Morgan fingerprint density at radius 1 is 1.26 bits per heavy atom. The van der Waals surface area contributed by atoms with Crippen molar-refractivity contribution >= 4 is 5.82 Å². The third-order valence-electron chi connectivity index (χ3n) is 3.08. The number of nitrogen functional groups attached to an aromatic ring is 1. The quantitative estimate of drug-likeness (QED) is 0.911. The van der Waals surface area contributed by atoms with Crippen LogP contribution in [-0.4, -0.2) is 9.78 Å². The van der Waals surface area contributed by atoms with E-state index in [-0.39, 0.29) is 12.0 Å². The van der Waals surface area contributed by atoms with Gasteiger partial charge >= 0.3 is 6.18 Å². The van der Waals surface area contributed by atoms with Gasteiger partial charge in [0, 0.05) is 19.0 Å². The molecule has 0 aliphatic rings. The highest BCUT2D eigenvalue weighted by Crippen LogP contribution is 2.33. The van der Waals surface area contributed by atoms with Crippen LogP contribution in [0.3, 0.4) is 0 Å². The van der Waals surface area contributed by atoms with E-state index in [1.54, 1.807) is 20.0 Å². The Hall–Kier alpha value is -1.98. The Balaban J connectivity index is 2.45. The van der Waals surface area contributed by atoms with E-state index in [0.29, 0.717) is 17.1 Å². The molecule has 0 atom stereocenters. The Labute approximate surface area is 108 Å². The highest BCUT2D eigenvalue weighted by atomic mass is 19.4. The van der Waals surface area contributed by atoms with Crippen LogP contribution in [0, 0.1) is 6.92 Å². The standard InChI is InChI=1S/C13H14F3N3/c1-8-10(12(17)19(2)18-8)7-9-5-3-4-6-11(9)13(14,15)16/h3-6H,7,17H2,1-2H3. The molecule has 0 unspecified atom stereocenters. The summed E-state index contributed by atoms with van der Waals surface area (Å²) in [5, 5.41) is 4.11. The number of aromatic nitrogens is 2. The summed E-state index contributed by atoms with van der Waals surface area (Å²) in [6.45, 7) is 1.74. The zero-order valence-corrected chi connectivity index (χ0v) is 10.6. The van der Waals surface area contributed by atoms with Gasteiger partial charge in [0.1, 0.15) is 5.82 Å². The highest BCUT2D eigenvalue weighted by Gasteiger charge is 2.33. The molecule has 1 aromatic carbocycles. The molecule has 6 heteroatoms. The lowest BCUT2D eigenvalue weighted by molar-refractivity contribution is -0.138. The SMILES string of the molecule is Cc1nn(C)c(N)c1Cc1ccccc1C(F)(F)F. The fraction of sp³-hybridized carbons (Fsp3) is 0.308. The van der Waals surface area contributed by atoms with Gasteiger partial charge in [-0.25, -0.2) is 0 Å². The lowest BCUT2D eigenvalue weighted by Crippen LogP contribution is -2.10. The summed E-state index contributed by atoms with van der Waals surface area (Å²) in [7, 11) is 1.67. The number of anilines is 1. The van der Waals surface area contributed by atoms with Crippen molar-refractivity contribution in [1.29, 1.82) is 0 Å². The maximum absolute atomic E-state index is 12.9. The van der Waals surface area contributed by atoms with Crippen LogP contribution in [0.1, 0.15) is 22.4 Å². The molecule has 2 aromatic rings. The Bertz CT molecular complexity index is 600. The largest absolute Gasteiger partial charge is 0.416 e. The zero-order chi connectivity index (χ0) is 14.2. The van der Waals surface area contributed by atoms with Crippen LogP contribution in [0.25, 0.3) is 0 Å². The number of aryl methyl sites for hydroxylation is 2. The Morgan fingerprint density at radius 3 is 2.42 bits per heavy atom. The third kappa shape index (κ3) is 2.57. The van der Waals surface area contributed by atoms with Gasteiger partial charge in [0.2, 0.25) is 0 Å². The molecule has 0 amide bonds. The van der Waals surface area contributed by atoms with Crippen molar-refractivity contribution in [3.63, 3.8) is 0 Å². The lowest BCUT2D eigenvalue weighted by Gasteiger charge is -2.12. The van der Waals surface area contributed by atoms with Crippen LogP contribution in [0.5, 0.6) is 0 Å². The predicted molar refractivity (Wildman–Crippen MR) is 66.6 cm³/mol. The summed E-state index contributed by atoms with van der Waals surface area (Å²) < 4.78 is 40.2. The summed E-state index contributed by atoms with van der Waals surface area (Å²) in [5.41, 5.74) is 6.70. The van der Waals surface area contributed by atoms with Gasteiger partial charge in [0.15, 0.2) is 0 Å². The van der Waals surface area contributed by atoms with Gasteiger partial charge in [-0.2, -0.15) is 18.3 Å². The van der Waals surface area contributed by atoms with Crippen LogP contribution < -0.4 is 5.73 Å².